The van der Waals surface area contributed by atoms with Gasteiger partial charge in [0.05, 0.1) is 14.2 Å². The van der Waals surface area contributed by atoms with Crippen molar-refractivity contribution in [1.82, 2.24) is 9.97 Å². The van der Waals surface area contributed by atoms with Crippen LogP contribution in [-0.4, -0.2) is 36.8 Å². The highest BCUT2D eigenvalue weighted by atomic mass is 16.5. The fraction of sp³-hybridized carbons (Fsp3) is 0.524. The SMILES string of the molecule is CCc1cc(N2CCc3cc(OC)c(OC)cc3C2)nc(N[C@@H](C)CC)n1. The van der Waals surface area contributed by atoms with Crippen molar-refractivity contribution in [3.05, 3.63) is 35.0 Å². The molecular weight excluding hydrogens is 340 g/mol. The summed E-state index contributed by atoms with van der Waals surface area (Å²) in [6.07, 6.45) is 2.88. The predicted octanol–water partition coefficient (Wildman–Crippen LogP) is 3.83. The van der Waals surface area contributed by atoms with E-state index >= 15 is 0 Å². The van der Waals surface area contributed by atoms with Crippen molar-refractivity contribution >= 4 is 11.8 Å². The second-order valence-electron chi connectivity index (χ2n) is 7.00. The number of ether oxygens (including phenoxy) is 2. The van der Waals surface area contributed by atoms with E-state index in [-0.39, 0.29) is 0 Å². The fourth-order valence-corrected chi connectivity index (χ4v) is 3.29. The van der Waals surface area contributed by atoms with Gasteiger partial charge in [-0.25, -0.2) is 4.98 Å². The number of aryl methyl sites for hydroxylation is 1. The third-order valence-electron chi connectivity index (χ3n) is 5.16. The number of hydrogen-bond donors (Lipinski definition) is 1. The number of benzene rings is 1. The van der Waals surface area contributed by atoms with Gasteiger partial charge >= 0.3 is 0 Å². The molecule has 2 heterocycles. The van der Waals surface area contributed by atoms with Gasteiger partial charge in [-0.05, 0) is 49.4 Å². The Balaban J connectivity index is 1.89. The molecule has 0 fully saturated rings. The molecule has 6 nitrogen and oxygen atoms in total. The van der Waals surface area contributed by atoms with E-state index in [1.54, 1.807) is 14.2 Å². The van der Waals surface area contributed by atoms with Gasteiger partial charge in [0.15, 0.2) is 11.5 Å². The summed E-state index contributed by atoms with van der Waals surface area (Å²) >= 11 is 0. The molecule has 1 aliphatic rings. The lowest BCUT2D eigenvalue weighted by Gasteiger charge is -2.31. The summed E-state index contributed by atoms with van der Waals surface area (Å²) < 4.78 is 10.9. The van der Waals surface area contributed by atoms with E-state index < -0.39 is 0 Å². The van der Waals surface area contributed by atoms with Crippen molar-refractivity contribution < 1.29 is 9.47 Å². The maximum Gasteiger partial charge on any atom is 0.225 e. The molecule has 1 atom stereocenters. The van der Waals surface area contributed by atoms with E-state index in [1.165, 1.54) is 11.1 Å². The predicted molar refractivity (Wildman–Crippen MR) is 109 cm³/mol. The minimum atomic E-state index is 0.351. The first-order chi connectivity index (χ1) is 13.1. The van der Waals surface area contributed by atoms with Crippen molar-refractivity contribution in [2.45, 2.75) is 52.6 Å². The van der Waals surface area contributed by atoms with Crippen LogP contribution in [0.5, 0.6) is 11.5 Å². The Morgan fingerprint density at radius 2 is 1.78 bits per heavy atom. The van der Waals surface area contributed by atoms with Crippen LogP contribution in [-0.2, 0) is 19.4 Å². The number of aromatic nitrogens is 2. The maximum absolute atomic E-state index is 5.48. The van der Waals surface area contributed by atoms with Crippen molar-refractivity contribution in [1.29, 1.82) is 0 Å². The van der Waals surface area contributed by atoms with E-state index in [0.717, 1.165) is 61.3 Å². The second-order valence-corrected chi connectivity index (χ2v) is 7.00. The number of rotatable bonds is 7. The number of fused-ring (bicyclic) bond motifs is 1. The van der Waals surface area contributed by atoms with Crippen LogP contribution in [0.15, 0.2) is 18.2 Å². The summed E-state index contributed by atoms with van der Waals surface area (Å²) in [4.78, 5) is 11.7. The van der Waals surface area contributed by atoms with E-state index in [4.69, 9.17) is 14.5 Å². The normalized spacial score (nSPS) is 14.5. The number of methoxy groups -OCH3 is 2. The molecular formula is C21H30N4O2. The van der Waals surface area contributed by atoms with E-state index in [9.17, 15) is 0 Å². The molecule has 0 bridgehead atoms. The van der Waals surface area contributed by atoms with Crippen molar-refractivity contribution in [3.63, 3.8) is 0 Å². The number of nitrogens with one attached hydrogen (secondary N) is 1. The Morgan fingerprint density at radius 1 is 1.07 bits per heavy atom. The molecule has 27 heavy (non-hydrogen) atoms. The van der Waals surface area contributed by atoms with Gasteiger partial charge in [-0.2, -0.15) is 4.98 Å². The maximum atomic E-state index is 5.48. The molecule has 0 amide bonds. The average molecular weight is 370 g/mol. The highest BCUT2D eigenvalue weighted by Crippen LogP contribution is 2.34. The smallest absolute Gasteiger partial charge is 0.225 e. The van der Waals surface area contributed by atoms with Gasteiger partial charge in [-0.15, -0.1) is 0 Å². The molecule has 0 saturated heterocycles. The Labute approximate surface area is 161 Å². The lowest BCUT2D eigenvalue weighted by Crippen LogP contribution is -2.31. The van der Waals surface area contributed by atoms with Crippen LogP contribution in [0.25, 0.3) is 0 Å². The van der Waals surface area contributed by atoms with Crippen LogP contribution in [0.4, 0.5) is 11.8 Å². The van der Waals surface area contributed by atoms with Gasteiger partial charge < -0.3 is 19.7 Å². The third-order valence-corrected chi connectivity index (χ3v) is 5.16. The number of nitrogens with zero attached hydrogens (tertiary/aromatic N) is 3. The first-order valence-electron chi connectivity index (χ1n) is 9.71. The zero-order chi connectivity index (χ0) is 19.4. The van der Waals surface area contributed by atoms with Gasteiger partial charge in [0.2, 0.25) is 5.95 Å². The Bertz CT molecular complexity index is 794. The third kappa shape index (κ3) is 4.26. The van der Waals surface area contributed by atoms with E-state index in [0.29, 0.717) is 6.04 Å². The molecule has 1 aromatic heterocycles. The molecule has 1 N–H and O–H groups in total. The molecule has 1 aromatic carbocycles. The molecule has 0 aliphatic carbocycles. The summed E-state index contributed by atoms with van der Waals surface area (Å²) in [5.41, 5.74) is 3.63. The molecule has 0 unspecified atom stereocenters. The summed E-state index contributed by atoms with van der Waals surface area (Å²) in [5, 5.41) is 3.41. The summed E-state index contributed by atoms with van der Waals surface area (Å²) in [6.45, 7) is 8.16. The summed E-state index contributed by atoms with van der Waals surface area (Å²) in [7, 11) is 3.36. The first-order valence-corrected chi connectivity index (χ1v) is 9.71. The summed E-state index contributed by atoms with van der Waals surface area (Å²) in [6, 6.07) is 6.64. The fourth-order valence-electron chi connectivity index (χ4n) is 3.29. The topological polar surface area (TPSA) is 59.5 Å². The van der Waals surface area contributed by atoms with Crippen LogP contribution in [0, 0.1) is 0 Å². The van der Waals surface area contributed by atoms with Gasteiger partial charge in [0.25, 0.3) is 0 Å². The largest absolute Gasteiger partial charge is 0.493 e. The lowest BCUT2D eigenvalue weighted by molar-refractivity contribution is 0.353. The van der Waals surface area contributed by atoms with Crippen molar-refractivity contribution in [2.75, 3.05) is 31.0 Å². The second kappa shape index (κ2) is 8.46. The number of anilines is 2. The monoisotopic (exact) mass is 370 g/mol. The van der Waals surface area contributed by atoms with Gasteiger partial charge in [0.1, 0.15) is 5.82 Å². The minimum absolute atomic E-state index is 0.351. The zero-order valence-corrected chi connectivity index (χ0v) is 17.0. The molecule has 146 valence electrons. The number of hydrogen-bond acceptors (Lipinski definition) is 6. The quantitative estimate of drug-likeness (QED) is 0.799. The minimum Gasteiger partial charge on any atom is -0.493 e. The zero-order valence-electron chi connectivity index (χ0n) is 17.0. The highest BCUT2D eigenvalue weighted by Gasteiger charge is 2.21. The molecule has 1 aliphatic heterocycles. The Kier molecular flexibility index (Phi) is 6.04. The van der Waals surface area contributed by atoms with Crippen LogP contribution in [0.3, 0.4) is 0 Å². The van der Waals surface area contributed by atoms with Gasteiger partial charge in [-0.3, -0.25) is 0 Å². The van der Waals surface area contributed by atoms with Crippen molar-refractivity contribution in [3.8, 4) is 11.5 Å². The van der Waals surface area contributed by atoms with Crippen LogP contribution in [0.2, 0.25) is 0 Å². The lowest BCUT2D eigenvalue weighted by atomic mass is 9.98. The van der Waals surface area contributed by atoms with Crippen LogP contribution in [0.1, 0.15) is 44.0 Å². The van der Waals surface area contributed by atoms with Crippen LogP contribution >= 0.6 is 0 Å². The van der Waals surface area contributed by atoms with E-state index in [2.05, 4.69) is 54.2 Å². The molecule has 2 aromatic rings. The molecule has 6 heteroatoms. The molecule has 3 rings (SSSR count). The standard InChI is InChI=1S/C21H30N4O2/c1-6-14(3)22-21-23-17(7-2)12-20(24-21)25-9-8-15-10-18(26-4)19(27-5)11-16(15)13-25/h10-12,14H,6-9,13H2,1-5H3,(H,22,23,24)/t14-/m0/s1. The molecule has 0 spiro atoms. The Morgan fingerprint density at radius 3 is 2.41 bits per heavy atom. The molecule has 0 saturated carbocycles. The highest BCUT2D eigenvalue weighted by molar-refractivity contribution is 5.53. The van der Waals surface area contributed by atoms with Crippen molar-refractivity contribution in [2.24, 2.45) is 0 Å². The van der Waals surface area contributed by atoms with Gasteiger partial charge in [-0.1, -0.05) is 13.8 Å². The molecule has 0 radical (unpaired) electrons. The summed E-state index contributed by atoms with van der Waals surface area (Å²) in [5.74, 6) is 3.26. The first kappa shape index (κ1) is 19.3. The average Bonchev–Trinajstić information content (AvgIpc) is 2.71. The van der Waals surface area contributed by atoms with Crippen LogP contribution < -0.4 is 19.7 Å². The van der Waals surface area contributed by atoms with Gasteiger partial charge in [0, 0.05) is 30.9 Å². The Hall–Kier alpha value is -2.50. The van der Waals surface area contributed by atoms with E-state index in [1.807, 2.05) is 0 Å².